The normalized spacial score (nSPS) is 11.8. The zero-order valence-electron chi connectivity index (χ0n) is 18.7. The maximum atomic E-state index is 5.12. The molecule has 0 unspecified atom stereocenters. The number of imidazole rings is 2. The molecule has 0 aliphatic carbocycles. The first kappa shape index (κ1) is 19.0. The number of rotatable bonds is 3. The molecule has 0 fully saturated rings. The molecule has 3 aromatic carbocycles. The average Bonchev–Trinajstić information content (AvgIpc) is 3.47. The smallest absolute Gasteiger partial charge is 0.165 e. The van der Waals surface area contributed by atoms with Crippen molar-refractivity contribution in [1.29, 1.82) is 0 Å². The van der Waals surface area contributed by atoms with E-state index in [4.69, 9.17) is 15.0 Å². The average molecular weight is 440 g/mol. The second-order valence-corrected chi connectivity index (χ2v) is 8.47. The Morgan fingerprint density at radius 1 is 0.706 bits per heavy atom. The Hall–Kier alpha value is -4.51. The van der Waals surface area contributed by atoms with Crippen LogP contribution in [0.25, 0.3) is 55.6 Å². The molecular formula is C29H21N5. The molecule has 0 saturated carbocycles. The fourth-order valence-corrected chi connectivity index (χ4v) is 4.92. The molecule has 0 aliphatic heterocycles. The summed E-state index contributed by atoms with van der Waals surface area (Å²) < 4.78 is 4.31. The molecule has 5 nitrogen and oxygen atoms in total. The Balaban J connectivity index is 1.44. The molecule has 4 heterocycles. The molecule has 7 aromatic rings. The highest BCUT2D eigenvalue weighted by Crippen LogP contribution is 2.33. The van der Waals surface area contributed by atoms with Crippen LogP contribution in [0.5, 0.6) is 0 Å². The van der Waals surface area contributed by atoms with Crippen LogP contribution in [0.4, 0.5) is 0 Å². The van der Waals surface area contributed by atoms with Crippen molar-refractivity contribution in [1.82, 2.24) is 23.9 Å². The van der Waals surface area contributed by atoms with Crippen molar-refractivity contribution >= 4 is 38.6 Å². The van der Waals surface area contributed by atoms with Crippen molar-refractivity contribution in [3.05, 3.63) is 103 Å². The summed E-state index contributed by atoms with van der Waals surface area (Å²) >= 11 is 0. The molecule has 0 saturated heterocycles. The monoisotopic (exact) mass is 439 g/mol. The lowest BCUT2D eigenvalue weighted by atomic mass is 10.0. The van der Waals surface area contributed by atoms with Gasteiger partial charge < -0.3 is 0 Å². The van der Waals surface area contributed by atoms with E-state index in [2.05, 4.69) is 82.6 Å². The largest absolute Gasteiger partial charge is 0.296 e. The van der Waals surface area contributed by atoms with Crippen molar-refractivity contribution in [2.45, 2.75) is 13.3 Å². The first-order valence-electron chi connectivity index (χ1n) is 11.5. The lowest BCUT2D eigenvalue weighted by Gasteiger charge is -2.11. The minimum absolute atomic E-state index is 0.869. The minimum atomic E-state index is 0.869. The number of benzene rings is 3. The molecule has 0 amide bonds. The lowest BCUT2D eigenvalue weighted by Crippen LogP contribution is -2.00. The third kappa shape index (κ3) is 2.70. The molecule has 0 atom stereocenters. The zero-order chi connectivity index (χ0) is 22.6. The molecule has 0 spiro atoms. The number of hydrogen-bond donors (Lipinski definition) is 0. The number of aryl methyl sites for hydroxylation is 1. The number of hydrogen-bond acceptors (Lipinski definition) is 3. The Kier molecular flexibility index (Phi) is 4.05. The molecule has 0 radical (unpaired) electrons. The highest BCUT2D eigenvalue weighted by atomic mass is 15.1. The molecule has 4 aromatic heterocycles. The van der Waals surface area contributed by atoms with Gasteiger partial charge in [-0.1, -0.05) is 61.5 Å². The molecular weight excluding hydrogens is 418 g/mol. The van der Waals surface area contributed by atoms with Crippen molar-refractivity contribution in [3.63, 3.8) is 0 Å². The van der Waals surface area contributed by atoms with Crippen LogP contribution in [0.3, 0.4) is 0 Å². The van der Waals surface area contributed by atoms with E-state index in [1.54, 1.807) is 0 Å². The predicted molar refractivity (Wildman–Crippen MR) is 137 cm³/mol. The number of nitrogens with zero attached hydrogens (tertiary/aromatic N) is 5. The van der Waals surface area contributed by atoms with Gasteiger partial charge in [0.05, 0.1) is 16.7 Å². The van der Waals surface area contributed by atoms with Gasteiger partial charge in [-0.05, 0) is 36.4 Å². The summed E-state index contributed by atoms with van der Waals surface area (Å²) in [5.41, 5.74) is 8.01. The van der Waals surface area contributed by atoms with Crippen LogP contribution in [-0.4, -0.2) is 23.9 Å². The van der Waals surface area contributed by atoms with Crippen LogP contribution in [0.1, 0.15) is 12.7 Å². The van der Waals surface area contributed by atoms with Gasteiger partial charge in [0.2, 0.25) is 0 Å². The Morgan fingerprint density at radius 3 is 2.32 bits per heavy atom. The third-order valence-corrected chi connectivity index (χ3v) is 6.51. The summed E-state index contributed by atoms with van der Waals surface area (Å²) in [6.07, 6.45) is 2.89. The molecule has 34 heavy (non-hydrogen) atoms. The second-order valence-electron chi connectivity index (χ2n) is 8.47. The van der Waals surface area contributed by atoms with Crippen LogP contribution in [0.15, 0.2) is 97.2 Å². The standard InChI is InChI=1S/C29H21N5/c1-2-25-30-23-11-5-6-12-24(23)34(25)20-16-14-19(15-17-20)27-21-9-3-4-10-22(21)28-29(32-27)33-18-8-7-13-26(33)31-28/h3-18H,2H2,1H3. The van der Waals surface area contributed by atoms with Gasteiger partial charge >= 0.3 is 0 Å². The van der Waals surface area contributed by atoms with Crippen LogP contribution in [0.2, 0.25) is 0 Å². The van der Waals surface area contributed by atoms with E-state index >= 15 is 0 Å². The highest BCUT2D eigenvalue weighted by molar-refractivity contribution is 6.09. The van der Waals surface area contributed by atoms with Gasteiger partial charge in [-0.3, -0.25) is 8.97 Å². The molecule has 162 valence electrons. The first-order valence-corrected chi connectivity index (χ1v) is 11.5. The Labute approximate surface area is 196 Å². The first-order chi connectivity index (χ1) is 16.8. The van der Waals surface area contributed by atoms with E-state index in [1.807, 2.05) is 30.5 Å². The van der Waals surface area contributed by atoms with Crippen LogP contribution >= 0.6 is 0 Å². The summed E-state index contributed by atoms with van der Waals surface area (Å²) in [6, 6.07) is 31.4. The van der Waals surface area contributed by atoms with Gasteiger partial charge in [0.25, 0.3) is 0 Å². The number of fused-ring (bicyclic) bond motifs is 6. The van der Waals surface area contributed by atoms with E-state index in [-0.39, 0.29) is 0 Å². The Morgan fingerprint density at radius 2 is 1.47 bits per heavy atom. The maximum absolute atomic E-state index is 5.12. The van der Waals surface area contributed by atoms with Gasteiger partial charge in [-0.2, -0.15) is 0 Å². The van der Waals surface area contributed by atoms with Crippen LogP contribution in [0, 0.1) is 0 Å². The highest BCUT2D eigenvalue weighted by Gasteiger charge is 2.16. The predicted octanol–water partition coefficient (Wildman–Crippen LogP) is 6.60. The van der Waals surface area contributed by atoms with Crippen LogP contribution < -0.4 is 0 Å². The fraction of sp³-hybridized carbons (Fsp3) is 0.0690. The number of para-hydroxylation sites is 2. The van der Waals surface area contributed by atoms with Gasteiger partial charge in [0.1, 0.15) is 17.0 Å². The molecule has 0 bridgehead atoms. The van der Waals surface area contributed by atoms with Gasteiger partial charge in [-0.25, -0.2) is 15.0 Å². The van der Waals surface area contributed by atoms with Gasteiger partial charge in [0.15, 0.2) is 5.65 Å². The second kappa shape index (κ2) is 7.25. The Bertz CT molecular complexity index is 1840. The number of aromatic nitrogens is 5. The van der Waals surface area contributed by atoms with Crippen LogP contribution in [-0.2, 0) is 6.42 Å². The van der Waals surface area contributed by atoms with E-state index < -0.39 is 0 Å². The summed E-state index contributed by atoms with van der Waals surface area (Å²) in [7, 11) is 0. The SMILES string of the molecule is CCc1nc2ccccc2n1-c1ccc(-c2nc3c(nc4ccccn43)c3ccccc23)cc1. The van der Waals surface area contributed by atoms with E-state index in [1.165, 1.54) is 0 Å². The summed E-state index contributed by atoms with van der Waals surface area (Å²) in [5.74, 6) is 1.06. The van der Waals surface area contributed by atoms with Gasteiger partial charge in [0, 0.05) is 34.6 Å². The van der Waals surface area contributed by atoms with E-state index in [9.17, 15) is 0 Å². The third-order valence-electron chi connectivity index (χ3n) is 6.51. The molecule has 7 rings (SSSR count). The van der Waals surface area contributed by atoms with Gasteiger partial charge in [-0.15, -0.1) is 0 Å². The summed E-state index contributed by atoms with van der Waals surface area (Å²) in [5, 5.41) is 2.22. The zero-order valence-corrected chi connectivity index (χ0v) is 18.7. The van der Waals surface area contributed by atoms with E-state index in [0.29, 0.717) is 0 Å². The molecule has 0 aliphatic rings. The van der Waals surface area contributed by atoms with Crippen molar-refractivity contribution in [2.75, 3.05) is 0 Å². The maximum Gasteiger partial charge on any atom is 0.165 e. The number of pyridine rings is 2. The topological polar surface area (TPSA) is 48.0 Å². The summed E-state index contributed by atoms with van der Waals surface area (Å²) in [4.78, 5) is 14.8. The summed E-state index contributed by atoms with van der Waals surface area (Å²) in [6.45, 7) is 2.15. The van der Waals surface area contributed by atoms with Crippen molar-refractivity contribution in [3.8, 4) is 16.9 Å². The fourth-order valence-electron chi connectivity index (χ4n) is 4.92. The molecule has 5 heteroatoms. The quantitative estimate of drug-likeness (QED) is 0.311. The molecule has 0 N–H and O–H groups in total. The minimum Gasteiger partial charge on any atom is -0.296 e. The van der Waals surface area contributed by atoms with Crippen molar-refractivity contribution < 1.29 is 0 Å². The van der Waals surface area contributed by atoms with E-state index in [0.717, 1.165) is 67.8 Å². The van der Waals surface area contributed by atoms with Crippen molar-refractivity contribution in [2.24, 2.45) is 0 Å². The lowest BCUT2D eigenvalue weighted by molar-refractivity contribution is 0.908.